The van der Waals surface area contributed by atoms with Crippen molar-refractivity contribution in [3.05, 3.63) is 0 Å². The molecule has 1 saturated heterocycles. The van der Waals surface area contributed by atoms with Gasteiger partial charge in [-0.25, -0.2) is 13.1 Å². The maximum atomic E-state index is 11.0. The molecule has 24 heavy (non-hydrogen) atoms. The van der Waals surface area contributed by atoms with Gasteiger partial charge in [-0.2, -0.15) is 0 Å². The molecule has 1 fully saturated rings. The summed E-state index contributed by atoms with van der Waals surface area (Å²) in [6.07, 6.45) is 5.11. The van der Waals surface area contributed by atoms with Crippen molar-refractivity contribution in [1.29, 1.82) is 0 Å². The number of nitrogens with one attached hydrogen (secondary N) is 2. The fraction of sp³-hybridized carbons (Fsp3) is 0.933. The van der Waals surface area contributed by atoms with Gasteiger partial charge >= 0.3 is 0 Å². The molecule has 1 aliphatic rings. The highest BCUT2D eigenvalue weighted by molar-refractivity contribution is 7.88. The number of rotatable bonds is 10. The van der Waals surface area contributed by atoms with E-state index in [-0.39, 0.29) is 0 Å². The number of aliphatic imine (C=N–C) groups is 1. The molecular formula is C15H32N4O4S. The highest BCUT2D eigenvalue weighted by atomic mass is 32.2. The van der Waals surface area contributed by atoms with E-state index in [2.05, 4.69) is 19.9 Å². The number of guanidine groups is 1. The summed E-state index contributed by atoms with van der Waals surface area (Å²) in [5.74, 6) is 0.868. The molecule has 9 heteroatoms. The summed E-state index contributed by atoms with van der Waals surface area (Å²) in [5, 5.41) is 3.28. The number of methoxy groups -OCH3 is 1. The topological polar surface area (TPSA) is 92.3 Å². The Kier molecular flexibility index (Phi) is 10.2. The molecule has 0 bridgehead atoms. The summed E-state index contributed by atoms with van der Waals surface area (Å²) >= 11 is 0. The Balaban J connectivity index is 2.19. The third-order valence-corrected chi connectivity index (χ3v) is 4.53. The number of hydrogen-bond donors (Lipinski definition) is 2. The predicted molar refractivity (Wildman–Crippen MR) is 95.9 cm³/mol. The van der Waals surface area contributed by atoms with Gasteiger partial charge in [0.15, 0.2) is 5.96 Å². The molecule has 2 N–H and O–H groups in total. The second kappa shape index (κ2) is 11.6. The molecule has 0 aromatic heterocycles. The summed E-state index contributed by atoms with van der Waals surface area (Å²) < 4.78 is 35.3. The largest absolute Gasteiger partial charge is 0.385 e. The van der Waals surface area contributed by atoms with Crippen molar-refractivity contribution in [2.75, 3.05) is 59.8 Å². The van der Waals surface area contributed by atoms with Crippen LogP contribution in [0.4, 0.5) is 0 Å². The van der Waals surface area contributed by atoms with Crippen LogP contribution >= 0.6 is 0 Å². The van der Waals surface area contributed by atoms with E-state index < -0.39 is 10.0 Å². The van der Waals surface area contributed by atoms with Gasteiger partial charge in [-0.05, 0) is 25.7 Å². The van der Waals surface area contributed by atoms with Crippen molar-refractivity contribution < 1.29 is 17.9 Å². The molecule has 0 aliphatic carbocycles. The zero-order valence-electron chi connectivity index (χ0n) is 15.1. The molecule has 0 radical (unpaired) electrons. The summed E-state index contributed by atoms with van der Waals surface area (Å²) in [4.78, 5) is 6.53. The van der Waals surface area contributed by atoms with Crippen LogP contribution in [-0.2, 0) is 19.5 Å². The van der Waals surface area contributed by atoms with Gasteiger partial charge < -0.3 is 19.7 Å². The van der Waals surface area contributed by atoms with Crippen molar-refractivity contribution in [3.63, 3.8) is 0 Å². The first kappa shape index (κ1) is 21.1. The second-order valence-corrected chi connectivity index (χ2v) is 7.73. The number of hydrogen-bond acceptors (Lipinski definition) is 5. The average molecular weight is 365 g/mol. The van der Waals surface area contributed by atoms with Crippen LogP contribution in [0.15, 0.2) is 4.99 Å². The quantitative estimate of drug-likeness (QED) is 0.323. The van der Waals surface area contributed by atoms with E-state index in [0.717, 1.165) is 51.5 Å². The van der Waals surface area contributed by atoms with Crippen LogP contribution < -0.4 is 10.0 Å². The van der Waals surface area contributed by atoms with Gasteiger partial charge in [0, 0.05) is 53.6 Å². The van der Waals surface area contributed by atoms with Gasteiger partial charge in [-0.15, -0.1) is 0 Å². The molecule has 0 saturated carbocycles. The number of sulfonamides is 1. The van der Waals surface area contributed by atoms with Gasteiger partial charge in [0.05, 0.1) is 12.4 Å². The van der Waals surface area contributed by atoms with Crippen molar-refractivity contribution in [2.45, 2.75) is 31.8 Å². The molecule has 0 spiro atoms. The lowest BCUT2D eigenvalue weighted by molar-refractivity contribution is 0.00991. The molecule has 142 valence electrons. The fourth-order valence-corrected chi connectivity index (χ4v) is 3.08. The van der Waals surface area contributed by atoms with E-state index >= 15 is 0 Å². The van der Waals surface area contributed by atoms with E-state index in [1.807, 2.05) is 0 Å². The standard InChI is InChI=1S/C15H32N4O4S/c1-16-15(17-8-4-9-18-24(3,20)21)19-10-6-14(7-11-19)23-13-5-12-22-2/h14,18H,4-13H2,1-3H3,(H,16,17). The number of piperidine rings is 1. The highest BCUT2D eigenvalue weighted by Crippen LogP contribution is 2.14. The predicted octanol–water partition coefficient (Wildman–Crippen LogP) is 0.0186. The smallest absolute Gasteiger partial charge is 0.208 e. The third kappa shape index (κ3) is 9.41. The van der Waals surface area contributed by atoms with Crippen molar-refractivity contribution >= 4 is 16.0 Å². The van der Waals surface area contributed by atoms with Crippen LogP contribution in [-0.4, -0.2) is 85.2 Å². The molecule has 1 heterocycles. The molecule has 0 unspecified atom stereocenters. The van der Waals surface area contributed by atoms with Crippen molar-refractivity contribution in [2.24, 2.45) is 4.99 Å². The van der Waals surface area contributed by atoms with E-state index in [0.29, 0.717) is 25.6 Å². The maximum Gasteiger partial charge on any atom is 0.208 e. The summed E-state index contributed by atoms with van der Waals surface area (Å²) in [6.45, 7) is 4.43. The Morgan fingerprint density at radius 3 is 2.50 bits per heavy atom. The van der Waals surface area contributed by atoms with Gasteiger partial charge in [0.2, 0.25) is 10.0 Å². The average Bonchev–Trinajstić information content (AvgIpc) is 2.55. The minimum Gasteiger partial charge on any atom is -0.385 e. The monoisotopic (exact) mass is 364 g/mol. The van der Waals surface area contributed by atoms with Gasteiger partial charge in [0.25, 0.3) is 0 Å². The second-order valence-electron chi connectivity index (χ2n) is 5.90. The van der Waals surface area contributed by atoms with Gasteiger partial charge in [-0.1, -0.05) is 0 Å². The highest BCUT2D eigenvalue weighted by Gasteiger charge is 2.21. The van der Waals surface area contributed by atoms with Crippen LogP contribution in [0.5, 0.6) is 0 Å². The van der Waals surface area contributed by atoms with Crippen LogP contribution in [0.1, 0.15) is 25.7 Å². The molecular weight excluding hydrogens is 332 g/mol. The zero-order chi connectivity index (χ0) is 17.8. The molecule has 0 amide bonds. The van der Waals surface area contributed by atoms with Gasteiger partial charge in [0.1, 0.15) is 0 Å². The fourth-order valence-electron chi connectivity index (χ4n) is 2.57. The third-order valence-electron chi connectivity index (χ3n) is 3.80. The minimum atomic E-state index is -3.11. The number of ether oxygens (including phenoxy) is 2. The molecule has 8 nitrogen and oxygen atoms in total. The minimum absolute atomic E-state index is 0.315. The lowest BCUT2D eigenvalue weighted by Crippen LogP contribution is -2.47. The lowest BCUT2D eigenvalue weighted by Gasteiger charge is -2.34. The first-order valence-corrected chi connectivity index (χ1v) is 10.4. The number of nitrogens with zero attached hydrogens (tertiary/aromatic N) is 2. The first-order valence-electron chi connectivity index (χ1n) is 8.47. The molecule has 0 aromatic carbocycles. The first-order chi connectivity index (χ1) is 11.5. The van der Waals surface area contributed by atoms with Gasteiger partial charge in [-0.3, -0.25) is 4.99 Å². The Morgan fingerprint density at radius 2 is 1.92 bits per heavy atom. The van der Waals surface area contributed by atoms with Crippen molar-refractivity contribution in [1.82, 2.24) is 14.9 Å². The van der Waals surface area contributed by atoms with Crippen molar-refractivity contribution in [3.8, 4) is 0 Å². The Morgan fingerprint density at radius 1 is 1.21 bits per heavy atom. The number of likely N-dealkylation sites (tertiary alicyclic amines) is 1. The Bertz CT molecular complexity index is 462. The Labute approximate surface area is 146 Å². The molecule has 0 atom stereocenters. The molecule has 0 aromatic rings. The van der Waals surface area contributed by atoms with E-state index in [9.17, 15) is 8.42 Å². The Hall–Kier alpha value is -0.900. The zero-order valence-corrected chi connectivity index (χ0v) is 15.9. The summed E-state index contributed by atoms with van der Waals surface area (Å²) in [7, 11) is 0.362. The van der Waals surface area contributed by atoms with Crippen LogP contribution in [0.2, 0.25) is 0 Å². The maximum absolute atomic E-state index is 11.0. The lowest BCUT2D eigenvalue weighted by atomic mass is 10.1. The van der Waals surface area contributed by atoms with Crippen LogP contribution in [0.25, 0.3) is 0 Å². The summed E-state index contributed by atoms with van der Waals surface area (Å²) in [6, 6.07) is 0. The summed E-state index contributed by atoms with van der Waals surface area (Å²) in [5.41, 5.74) is 0. The molecule has 1 aliphatic heterocycles. The van der Waals surface area contributed by atoms with E-state index in [4.69, 9.17) is 9.47 Å². The van der Waals surface area contributed by atoms with E-state index in [1.165, 1.54) is 6.26 Å². The van der Waals surface area contributed by atoms with Crippen LogP contribution in [0, 0.1) is 0 Å². The normalized spacial score (nSPS) is 17.3. The van der Waals surface area contributed by atoms with E-state index in [1.54, 1.807) is 14.2 Å². The van der Waals surface area contributed by atoms with Crippen LogP contribution in [0.3, 0.4) is 0 Å². The SMILES string of the molecule is CN=C(NCCCNS(C)(=O)=O)N1CCC(OCCCOC)CC1. The molecule has 1 rings (SSSR count).